The summed E-state index contributed by atoms with van der Waals surface area (Å²) >= 11 is 0. The number of aromatic amines is 2. The molecule has 9 nitrogen and oxygen atoms in total. The SMILES string of the molecule is [B]N1C(=O)c2c3[nH]c(cc4nc(cc5nc(cc6[nH]c2c(c6C)C1=O)C(CC)=C5C)C(C=C)=C4C)C(C)[C@@H]3CCC(=O)OC. The first-order valence-electron chi connectivity index (χ1n) is 14.8. The monoisotopic (exact) mass is 587 g/mol. The van der Waals surface area contributed by atoms with Crippen molar-refractivity contribution in [3.8, 4) is 0 Å². The van der Waals surface area contributed by atoms with Gasteiger partial charge >= 0.3 is 5.97 Å². The van der Waals surface area contributed by atoms with E-state index in [2.05, 4.69) is 30.4 Å². The Bertz CT molecular complexity index is 1940. The van der Waals surface area contributed by atoms with Crippen molar-refractivity contribution in [1.29, 1.82) is 0 Å². The molecule has 44 heavy (non-hydrogen) atoms. The highest BCUT2D eigenvalue weighted by atomic mass is 16.5. The minimum Gasteiger partial charge on any atom is -0.469 e. The van der Waals surface area contributed by atoms with Crippen molar-refractivity contribution in [3.63, 3.8) is 0 Å². The molecule has 6 rings (SSSR count). The third-order valence-electron chi connectivity index (χ3n) is 9.40. The topological polar surface area (TPSA) is 121 Å². The third kappa shape index (κ3) is 4.34. The van der Waals surface area contributed by atoms with Crippen LogP contribution in [0.25, 0.3) is 33.3 Å². The lowest BCUT2D eigenvalue weighted by Gasteiger charge is -2.24. The van der Waals surface area contributed by atoms with Gasteiger partial charge in [0.1, 0.15) is 0 Å². The van der Waals surface area contributed by atoms with Crippen molar-refractivity contribution in [2.24, 2.45) is 0 Å². The summed E-state index contributed by atoms with van der Waals surface area (Å²) in [5, 5.41) is 0. The number of imide groups is 1. The number of aryl methyl sites for hydroxylation is 1. The molecular formula is C34H34BN5O4. The van der Waals surface area contributed by atoms with E-state index in [0.29, 0.717) is 39.1 Å². The number of H-pyrrole nitrogens is 2. The number of nitrogens with zero attached hydrogens (tertiary/aromatic N) is 3. The molecule has 2 atom stereocenters. The predicted molar refractivity (Wildman–Crippen MR) is 171 cm³/mol. The fraction of sp³-hybridized carbons (Fsp3) is 0.324. The standard InChI is InChI=1S/C34H34BN5O4/c1-8-19-15(3)22-12-24-17(5)21(10-11-28(41)44-7)31(38-24)30-32-29(33(42)40(35)34(30)43)18(6)25(39-32)14-27-20(9-2)16(4)23(37-27)13-26(19)36-22/h8,12-14,17,21,38-39H,1,9-11H2,2-7H3/t17?,21-/m0/s1. The summed E-state index contributed by atoms with van der Waals surface area (Å²) in [7, 11) is 7.50. The van der Waals surface area contributed by atoms with Crippen LogP contribution in [-0.4, -0.2) is 57.6 Å². The second-order valence-electron chi connectivity index (χ2n) is 11.7. The highest BCUT2D eigenvalue weighted by molar-refractivity contribution is 6.36. The summed E-state index contributed by atoms with van der Waals surface area (Å²) in [6, 6.07) is 5.92. The number of rotatable bonds is 5. The number of methoxy groups -OCH3 is 1. The van der Waals surface area contributed by atoms with E-state index in [4.69, 9.17) is 22.7 Å². The molecule has 2 amide bonds. The smallest absolute Gasteiger partial charge is 0.305 e. The number of hydrogen-bond acceptors (Lipinski definition) is 6. The zero-order chi connectivity index (χ0) is 31.6. The van der Waals surface area contributed by atoms with E-state index >= 15 is 0 Å². The second-order valence-corrected chi connectivity index (χ2v) is 11.7. The summed E-state index contributed by atoms with van der Waals surface area (Å²) in [5.41, 5.74) is 10.9. The fourth-order valence-electron chi connectivity index (χ4n) is 6.78. The number of amides is 2. The van der Waals surface area contributed by atoms with Crippen molar-refractivity contribution < 1.29 is 19.1 Å². The van der Waals surface area contributed by atoms with Crippen molar-refractivity contribution in [1.82, 2.24) is 24.7 Å². The van der Waals surface area contributed by atoms with Gasteiger partial charge in [0, 0.05) is 40.7 Å². The lowest BCUT2D eigenvalue weighted by atomic mass is 9.84. The molecule has 4 aliphatic rings. The van der Waals surface area contributed by atoms with E-state index in [1.54, 1.807) is 0 Å². The van der Waals surface area contributed by atoms with E-state index in [1.807, 2.05) is 45.0 Å². The maximum Gasteiger partial charge on any atom is 0.305 e. The normalized spacial score (nSPS) is 18.6. The first kappa shape index (κ1) is 29.4. The number of ether oxygens (including phenoxy) is 1. The van der Waals surface area contributed by atoms with Crippen LogP contribution in [0, 0.1) is 6.92 Å². The summed E-state index contributed by atoms with van der Waals surface area (Å²) in [6.45, 7) is 14.1. The quantitative estimate of drug-likeness (QED) is 0.240. The molecule has 10 heteroatoms. The zero-order valence-electron chi connectivity index (χ0n) is 25.8. The average molecular weight is 587 g/mol. The van der Waals surface area contributed by atoms with Crippen molar-refractivity contribution >= 4 is 59.1 Å². The van der Waals surface area contributed by atoms with Crippen LogP contribution in [0.1, 0.15) is 119 Å². The van der Waals surface area contributed by atoms with Crippen LogP contribution in [0.15, 0.2) is 30.9 Å². The van der Waals surface area contributed by atoms with Gasteiger partial charge in [-0.05, 0) is 74.1 Å². The number of hydrogen-bond donors (Lipinski definition) is 2. The maximum atomic E-state index is 13.8. The summed E-state index contributed by atoms with van der Waals surface area (Å²) in [4.78, 5) is 57.1. The Morgan fingerprint density at radius 3 is 2.39 bits per heavy atom. The number of allylic oxidation sites excluding steroid dienone is 5. The Labute approximate surface area is 257 Å². The Morgan fingerprint density at radius 1 is 1.02 bits per heavy atom. The molecule has 8 bridgehead atoms. The first-order chi connectivity index (χ1) is 21.0. The average Bonchev–Trinajstić information content (AvgIpc) is 3.68. The first-order valence-corrected chi connectivity index (χ1v) is 14.8. The van der Waals surface area contributed by atoms with Gasteiger partial charge in [0.15, 0.2) is 0 Å². The van der Waals surface area contributed by atoms with Crippen LogP contribution in [0.5, 0.6) is 0 Å². The van der Waals surface area contributed by atoms with Gasteiger partial charge in [-0.1, -0.05) is 26.5 Å². The zero-order valence-corrected chi connectivity index (χ0v) is 25.8. The summed E-state index contributed by atoms with van der Waals surface area (Å²) < 4.78 is 4.93. The van der Waals surface area contributed by atoms with E-state index in [9.17, 15) is 14.4 Å². The van der Waals surface area contributed by atoms with Gasteiger partial charge in [0.05, 0.1) is 46.5 Å². The lowest BCUT2D eigenvalue weighted by Crippen LogP contribution is -2.38. The Hall–Kier alpha value is -4.73. The molecule has 6 heterocycles. The van der Waals surface area contributed by atoms with Crippen molar-refractivity contribution in [3.05, 3.63) is 81.7 Å². The molecule has 4 aliphatic heterocycles. The van der Waals surface area contributed by atoms with Gasteiger partial charge in [-0.25, -0.2) is 9.97 Å². The second kappa shape index (κ2) is 10.8. The van der Waals surface area contributed by atoms with Crippen LogP contribution < -0.4 is 0 Å². The molecule has 0 saturated heterocycles. The minimum absolute atomic E-state index is 0.121. The minimum atomic E-state index is -0.623. The molecule has 2 N–H and O–H groups in total. The van der Waals surface area contributed by atoms with Gasteiger partial charge in [-0.2, -0.15) is 0 Å². The molecule has 2 aromatic rings. The van der Waals surface area contributed by atoms with Gasteiger partial charge in [0.2, 0.25) is 13.9 Å². The number of aromatic nitrogens is 4. The van der Waals surface area contributed by atoms with Gasteiger partial charge < -0.3 is 19.5 Å². The lowest BCUT2D eigenvalue weighted by molar-refractivity contribution is -0.140. The number of carbonyl (C=O) groups is 3. The van der Waals surface area contributed by atoms with Gasteiger partial charge in [0.25, 0.3) is 5.91 Å². The molecule has 2 aromatic heterocycles. The Kier molecular flexibility index (Phi) is 7.18. The van der Waals surface area contributed by atoms with E-state index in [-0.39, 0.29) is 29.8 Å². The molecule has 0 fully saturated rings. The van der Waals surface area contributed by atoms with Crippen molar-refractivity contribution in [2.45, 2.75) is 65.7 Å². The largest absolute Gasteiger partial charge is 0.469 e. The van der Waals surface area contributed by atoms with E-state index in [1.165, 1.54) is 7.11 Å². The molecular weight excluding hydrogens is 553 g/mol. The number of carbonyl (C=O) groups excluding carboxylic acids is 3. The van der Waals surface area contributed by atoms with Crippen LogP contribution in [0.3, 0.4) is 0 Å². The highest BCUT2D eigenvalue weighted by Gasteiger charge is 2.39. The van der Waals surface area contributed by atoms with Gasteiger partial charge in [-0.3, -0.25) is 14.4 Å². The molecule has 0 aromatic carbocycles. The number of esters is 1. The van der Waals surface area contributed by atoms with Crippen LogP contribution in [0.2, 0.25) is 0 Å². The van der Waals surface area contributed by atoms with Crippen LogP contribution >= 0.6 is 0 Å². The molecule has 0 spiro atoms. The number of fused-ring (bicyclic) bond motifs is 8. The highest BCUT2D eigenvalue weighted by Crippen LogP contribution is 2.44. The molecule has 0 aliphatic carbocycles. The van der Waals surface area contributed by atoms with Gasteiger partial charge in [-0.15, -0.1) is 0 Å². The maximum absolute atomic E-state index is 13.8. The summed E-state index contributed by atoms with van der Waals surface area (Å²) in [5.74, 6) is -1.93. The third-order valence-corrected chi connectivity index (χ3v) is 9.40. The Balaban J connectivity index is 1.79. The molecule has 2 radical (unpaired) electrons. The Morgan fingerprint density at radius 2 is 1.70 bits per heavy atom. The van der Waals surface area contributed by atoms with Crippen LogP contribution in [0.4, 0.5) is 0 Å². The van der Waals surface area contributed by atoms with E-state index in [0.717, 1.165) is 57.2 Å². The molecule has 222 valence electrons. The molecule has 0 saturated carbocycles. The van der Waals surface area contributed by atoms with Crippen molar-refractivity contribution in [2.75, 3.05) is 7.11 Å². The summed E-state index contributed by atoms with van der Waals surface area (Å²) in [6.07, 6.45) is 3.14. The molecule has 1 unspecified atom stereocenters. The van der Waals surface area contributed by atoms with Crippen LogP contribution in [-0.2, 0) is 9.53 Å². The number of nitrogens with one attached hydrogen (secondary N) is 2. The van der Waals surface area contributed by atoms with E-state index < -0.39 is 11.8 Å². The fourth-order valence-corrected chi connectivity index (χ4v) is 6.78. The predicted octanol–water partition coefficient (Wildman–Crippen LogP) is 6.32.